The molecule has 1 aliphatic carbocycles. The Bertz CT molecular complexity index is 588. The average molecular weight is 282 g/mol. The average Bonchev–Trinajstić information content (AvgIpc) is 3.10. The van der Waals surface area contributed by atoms with Gasteiger partial charge in [-0.05, 0) is 24.8 Å². The van der Waals surface area contributed by atoms with E-state index in [9.17, 15) is 0 Å². The normalized spacial score (nSPS) is 22.8. The fraction of sp³-hybridized carbons (Fsp3) is 0.471. The summed E-state index contributed by atoms with van der Waals surface area (Å²) in [4.78, 5) is 2.64. The number of nitrogens with zero attached hydrogens (tertiary/aromatic N) is 2. The Hall–Kier alpha value is -1.65. The van der Waals surface area contributed by atoms with Gasteiger partial charge >= 0.3 is 0 Å². The molecule has 1 aromatic heterocycles. The fourth-order valence-electron chi connectivity index (χ4n) is 3.28. The number of hydrogen-bond acceptors (Lipinski definition) is 3. The molecule has 110 valence electrons. The van der Waals surface area contributed by atoms with Crippen LogP contribution in [0.2, 0.25) is 0 Å². The minimum atomic E-state index is 0.629. The first-order valence-corrected chi connectivity index (χ1v) is 7.95. The zero-order chi connectivity index (χ0) is 14.1. The Balaban J connectivity index is 1.38. The lowest BCUT2D eigenvalue weighted by Crippen LogP contribution is -2.32. The molecule has 0 spiro atoms. The molecule has 1 atom stereocenters. The van der Waals surface area contributed by atoms with Crippen molar-refractivity contribution in [2.24, 2.45) is 0 Å². The van der Waals surface area contributed by atoms with E-state index >= 15 is 0 Å². The van der Waals surface area contributed by atoms with Crippen molar-refractivity contribution in [2.45, 2.75) is 37.9 Å². The van der Waals surface area contributed by atoms with E-state index in [1.54, 1.807) is 0 Å². The molecule has 1 saturated carbocycles. The predicted octanol–water partition coefficient (Wildman–Crippen LogP) is 2.40. The second-order valence-corrected chi connectivity index (χ2v) is 6.23. The Kier molecular flexibility index (Phi) is 3.49. The van der Waals surface area contributed by atoms with Crippen LogP contribution in [0.5, 0.6) is 0 Å². The van der Waals surface area contributed by atoms with Crippen LogP contribution in [-0.2, 0) is 6.54 Å². The van der Waals surface area contributed by atoms with E-state index in [4.69, 9.17) is 0 Å². The second kappa shape index (κ2) is 5.62. The van der Waals surface area contributed by atoms with Crippen LogP contribution in [0.3, 0.4) is 0 Å². The van der Waals surface area contributed by atoms with Crippen molar-refractivity contribution in [3.8, 4) is 11.3 Å². The highest BCUT2D eigenvalue weighted by Gasteiger charge is 2.34. The zero-order valence-corrected chi connectivity index (χ0v) is 12.3. The third kappa shape index (κ3) is 2.87. The van der Waals surface area contributed by atoms with Crippen molar-refractivity contribution < 1.29 is 0 Å². The first kappa shape index (κ1) is 13.0. The minimum Gasteiger partial charge on any atom is -0.308 e. The lowest BCUT2D eigenvalue weighted by Gasteiger charge is -2.15. The SMILES string of the molecule is c1ccc(-c2[nH]ncc2CNC2CCN(C3CC3)C2)cc1. The van der Waals surface area contributed by atoms with E-state index in [1.165, 1.54) is 43.5 Å². The van der Waals surface area contributed by atoms with Crippen LogP contribution in [0.1, 0.15) is 24.8 Å². The molecule has 0 radical (unpaired) electrons. The highest BCUT2D eigenvalue weighted by Crippen LogP contribution is 2.30. The molecule has 2 fully saturated rings. The summed E-state index contributed by atoms with van der Waals surface area (Å²) in [5, 5.41) is 11.1. The van der Waals surface area contributed by atoms with Gasteiger partial charge in [-0.1, -0.05) is 30.3 Å². The van der Waals surface area contributed by atoms with E-state index in [0.29, 0.717) is 6.04 Å². The number of H-pyrrole nitrogens is 1. The van der Waals surface area contributed by atoms with Crippen molar-refractivity contribution in [1.29, 1.82) is 0 Å². The van der Waals surface area contributed by atoms with Gasteiger partial charge < -0.3 is 5.32 Å². The predicted molar refractivity (Wildman–Crippen MR) is 83.9 cm³/mol. The van der Waals surface area contributed by atoms with Crippen LogP contribution in [0, 0.1) is 0 Å². The van der Waals surface area contributed by atoms with Gasteiger partial charge in [0, 0.05) is 37.3 Å². The minimum absolute atomic E-state index is 0.629. The molecule has 2 aromatic rings. The van der Waals surface area contributed by atoms with E-state index in [-0.39, 0.29) is 0 Å². The summed E-state index contributed by atoms with van der Waals surface area (Å²) < 4.78 is 0. The highest BCUT2D eigenvalue weighted by molar-refractivity contribution is 5.62. The van der Waals surface area contributed by atoms with Gasteiger partial charge in [0.25, 0.3) is 0 Å². The van der Waals surface area contributed by atoms with Crippen LogP contribution in [-0.4, -0.2) is 40.3 Å². The summed E-state index contributed by atoms with van der Waals surface area (Å²) in [5.74, 6) is 0. The molecule has 21 heavy (non-hydrogen) atoms. The number of hydrogen-bond donors (Lipinski definition) is 2. The van der Waals surface area contributed by atoms with E-state index in [0.717, 1.165) is 18.3 Å². The van der Waals surface area contributed by atoms with E-state index < -0.39 is 0 Å². The molecular weight excluding hydrogens is 260 g/mol. The summed E-state index contributed by atoms with van der Waals surface area (Å²) in [6, 6.07) is 12.0. The Morgan fingerprint density at radius 2 is 2.05 bits per heavy atom. The molecule has 2 heterocycles. The standard InChI is InChI=1S/C17H22N4/c1-2-4-13(5-3-1)17-14(11-19-20-17)10-18-15-8-9-21(12-15)16-6-7-16/h1-5,11,15-16,18H,6-10,12H2,(H,19,20). The van der Waals surface area contributed by atoms with Gasteiger partial charge in [0.1, 0.15) is 0 Å². The molecule has 0 bridgehead atoms. The number of nitrogens with one attached hydrogen (secondary N) is 2. The van der Waals surface area contributed by atoms with Crippen LogP contribution in [0.25, 0.3) is 11.3 Å². The Morgan fingerprint density at radius 3 is 2.86 bits per heavy atom. The lowest BCUT2D eigenvalue weighted by atomic mass is 10.1. The number of aromatic nitrogens is 2. The van der Waals surface area contributed by atoms with Gasteiger partial charge in [0.05, 0.1) is 11.9 Å². The second-order valence-electron chi connectivity index (χ2n) is 6.23. The maximum absolute atomic E-state index is 4.22. The molecule has 4 rings (SSSR count). The Morgan fingerprint density at radius 1 is 1.19 bits per heavy atom. The summed E-state index contributed by atoms with van der Waals surface area (Å²) >= 11 is 0. The third-order valence-electron chi connectivity index (χ3n) is 4.64. The fourth-order valence-corrected chi connectivity index (χ4v) is 3.28. The number of benzene rings is 1. The van der Waals surface area contributed by atoms with Gasteiger partial charge in [-0.3, -0.25) is 10.00 Å². The van der Waals surface area contributed by atoms with Gasteiger partial charge in [-0.2, -0.15) is 5.10 Å². The summed E-state index contributed by atoms with van der Waals surface area (Å²) in [6.45, 7) is 3.37. The lowest BCUT2D eigenvalue weighted by molar-refractivity contribution is 0.317. The van der Waals surface area contributed by atoms with Crippen LogP contribution >= 0.6 is 0 Å². The summed E-state index contributed by atoms with van der Waals surface area (Å²) in [6.07, 6.45) is 6.04. The molecule has 4 nitrogen and oxygen atoms in total. The van der Waals surface area contributed by atoms with Gasteiger partial charge in [-0.15, -0.1) is 0 Å². The molecule has 2 N–H and O–H groups in total. The molecule has 2 aliphatic rings. The molecule has 4 heteroatoms. The molecule has 1 saturated heterocycles. The first-order valence-electron chi connectivity index (χ1n) is 7.95. The van der Waals surface area contributed by atoms with Crippen molar-refractivity contribution in [2.75, 3.05) is 13.1 Å². The van der Waals surface area contributed by atoms with Crippen molar-refractivity contribution in [1.82, 2.24) is 20.4 Å². The van der Waals surface area contributed by atoms with Crippen molar-refractivity contribution in [3.05, 3.63) is 42.1 Å². The van der Waals surface area contributed by atoms with E-state index in [1.807, 2.05) is 12.3 Å². The number of rotatable bonds is 5. The summed E-state index contributed by atoms with van der Waals surface area (Å²) in [7, 11) is 0. The zero-order valence-electron chi connectivity index (χ0n) is 12.3. The smallest absolute Gasteiger partial charge is 0.0695 e. The van der Waals surface area contributed by atoms with Crippen molar-refractivity contribution in [3.63, 3.8) is 0 Å². The summed E-state index contributed by atoms with van der Waals surface area (Å²) in [5.41, 5.74) is 3.60. The van der Waals surface area contributed by atoms with Crippen molar-refractivity contribution >= 4 is 0 Å². The maximum atomic E-state index is 4.22. The first-order chi connectivity index (χ1) is 10.4. The molecule has 1 aromatic carbocycles. The van der Waals surface area contributed by atoms with E-state index in [2.05, 4.69) is 44.7 Å². The highest BCUT2D eigenvalue weighted by atomic mass is 15.2. The number of likely N-dealkylation sites (tertiary alicyclic amines) is 1. The monoisotopic (exact) mass is 282 g/mol. The van der Waals surface area contributed by atoms with Gasteiger partial charge in [-0.25, -0.2) is 0 Å². The van der Waals surface area contributed by atoms with Gasteiger partial charge in [0.15, 0.2) is 0 Å². The molecular formula is C17H22N4. The molecule has 1 aliphatic heterocycles. The van der Waals surface area contributed by atoms with Crippen LogP contribution in [0.15, 0.2) is 36.5 Å². The topological polar surface area (TPSA) is 44.0 Å². The van der Waals surface area contributed by atoms with Crippen LogP contribution in [0.4, 0.5) is 0 Å². The third-order valence-corrected chi connectivity index (χ3v) is 4.64. The van der Waals surface area contributed by atoms with Gasteiger partial charge in [0.2, 0.25) is 0 Å². The molecule has 0 amide bonds. The Labute approximate surface area is 125 Å². The largest absolute Gasteiger partial charge is 0.308 e. The maximum Gasteiger partial charge on any atom is 0.0695 e. The van der Waals surface area contributed by atoms with Crippen LogP contribution < -0.4 is 5.32 Å². The number of aromatic amines is 1. The quantitative estimate of drug-likeness (QED) is 0.885. The molecule has 1 unspecified atom stereocenters.